The van der Waals surface area contributed by atoms with Crippen molar-refractivity contribution in [2.75, 3.05) is 0 Å². The largest absolute Gasteiger partial charge is 0.295 e. The van der Waals surface area contributed by atoms with E-state index in [0.717, 1.165) is 22.0 Å². The van der Waals surface area contributed by atoms with Crippen molar-refractivity contribution < 1.29 is 0 Å². The van der Waals surface area contributed by atoms with Crippen molar-refractivity contribution in [1.29, 1.82) is 0 Å². The highest BCUT2D eigenvalue weighted by molar-refractivity contribution is 7.98. The third-order valence-electron chi connectivity index (χ3n) is 4.43. The minimum Gasteiger partial charge on any atom is -0.295 e. The Hall–Kier alpha value is -3.13. The molecule has 1 aromatic carbocycles. The van der Waals surface area contributed by atoms with Gasteiger partial charge in [-0.2, -0.15) is 0 Å². The molecule has 0 amide bonds. The van der Waals surface area contributed by atoms with E-state index in [4.69, 9.17) is 0 Å². The average molecular weight is 362 g/mol. The summed E-state index contributed by atoms with van der Waals surface area (Å²) in [5.41, 5.74) is 1.80. The van der Waals surface area contributed by atoms with Gasteiger partial charge in [0.15, 0.2) is 5.16 Å². The van der Waals surface area contributed by atoms with Crippen LogP contribution < -0.4 is 5.56 Å². The van der Waals surface area contributed by atoms with E-state index in [-0.39, 0.29) is 5.56 Å². The van der Waals surface area contributed by atoms with Gasteiger partial charge in [0.1, 0.15) is 5.82 Å². The fourth-order valence-electron chi connectivity index (χ4n) is 3.14. The number of aryl methyl sites for hydroxylation is 1. The van der Waals surface area contributed by atoms with Crippen molar-refractivity contribution in [1.82, 2.24) is 28.5 Å². The summed E-state index contributed by atoms with van der Waals surface area (Å²) < 4.78 is 5.52. The van der Waals surface area contributed by atoms with Gasteiger partial charge in [-0.15, -0.1) is 10.2 Å². The number of imidazole rings is 1. The number of para-hydroxylation sites is 1. The highest BCUT2D eigenvalue weighted by Gasteiger charge is 2.15. The maximum Gasteiger partial charge on any atom is 0.262 e. The Balaban J connectivity index is 1.63. The third kappa shape index (κ3) is 2.15. The van der Waals surface area contributed by atoms with E-state index < -0.39 is 0 Å². The minimum absolute atomic E-state index is 0.0704. The average Bonchev–Trinajstić information content (AvgIpc) is 3.29. The lowest BCUT2D eigenvalue weighted by atomic mass is 10.2. The summed E-state index contributed by atoms with van der Waals surface area (Å²) in [6, 6.07) is 13.5. The normalized spacial score (nSPS) is 11.7. The van der Waals surface area contributed by atoms with Crippen LogP contribution in [0.5, 0.6) is 0 Å². The van der Waals surface area contributed by atoms with E-state index >= 15 is 0 Å². The van der Waals surface area contributed by atoms with Crippen LogP contribution in [0.4, 0.5) is 0 Å². The summed E-state index contributed by atoms with van der Waals surface area (Å²) in [5.74, 6) is 1.92. The van der Waals surface area contributed by atoms with Crippen molar-refractivity contribution >= 4 is 34.0 Å². The standard InChI is InChI=1S/C18H14N6OS/c1-22-16(25)13-7-2-3-8-14(13)24-15(20-21-17(22)24)11-26-18-19-10-12-6-4-5-9-23(12)18/h2-10H,11H2,1H3. The molecule has 26 heavy (non-hydrogen) atoms. The zero-order chi connectivity index (χ0) is 17.7. The summed E-state index contributed by atoms with van der Waals surface area (Å²) in [4.78, 5) is 17.0. The Kier molecular flexibility index (Phi) is 3.32. The Bertz CT molecular complexity index is 1330. The topological polar surface area (TPSA) is 69.5 Å². The van der Waals surface area contributed by atoms with Crippen LogP contribution in [0.25, 0.3) is 22.2 Å². The van der Waals surface area contributed by atoms with Crippen molar-refractivity contribution in [2.24, 2.45) is 7.05 Å². The lowest BCUT2D eigenvalue weighted by molar-refractivity contribution is 0.857. The van der Waals surface area contributed by atoms with Gasteiger partial charge in [0.05, 0.1) is 28.4 Å². The number of hydrogen-bond acceptors (Lipinski definition) is 5. The van der Waals surface area contributed by atoms with Gasteiger partial charge in [0.2, 0.25) is 5.78 Å². The molecule has 0 unspecified atom stereocenters. The molecule has 0 aliphatic rings. The molecule has 5 aromatic rings. The highest BCUT2D eigenvalue weighted by atomic mass is 32.2. The number of fused-ring (bicyclic) bond motifs is 4. The summed E-state index contributed by atoms with van der Waals surface area (Å²) >= 11 is 1.59. The maximum atomic E-state index is 12.5. The fourth-order valence-corrected chi connectivity index (χ4v) is 4.02. The Morgan fingerprint density at radius 3 is 2.85 bits per heavy atom. The molecular weight excluding hydrogens is 348 g/mol. The van der Waals surface area contributed by atoms with Gasteiger partial charge in [0, 0.05) is 13.2 Å². The monoisotopic (exact) mass is 362 g/mol. The van der Waals surface area contributed by atoms with Crippen LogP contribution >= 0.6 is 11.8 Å². The molecule has 7 nitrogen and oxygen atoms in total. The molecule has 4 aromatic heterocycles. The van der Waals surface area contributed by atoms with Crippen LogP contribution in [0.2, 0.25) is 0 Å². The van der Waals surface area contributed by atoms with Gasteiger partial charge in [-0.25, -0.2) is 4.98 Å². The lowest BCUT2D eigenvalue weighted by Crippen LogP contribution is -2.20. The van der Waals surface area contributed by atoms with Crippen LogP contribution in [0.3, 0.4) is 0 Å². The number of hydrogen-bond donors (Lipinski definition) is 0. The second kappa shape index (κ2) is 5.70. The summed E-state index contributed by atoms with van der Waals surface area (Å²) in [6.07, 6.45) is 3.84. The van der Waals surface area contributed by atoms with Gasteiger partial charge in [-0.05, 0) is 24.3 Å². The number of pyridine rings is 1. The highest BCUT2D eigenvalue weighted by Crippen LogP contribution is 2.23. The van der Waals surface area contributed by atoms with Gasteiger partial charge in [0.25, 0.3) is 5.56 Å². The number of rotatable bonds is 3. The van der Waals surface area contributed by atoms with Crippen molar-refractivity contribution in [2.45, 2.75) is 10.9 Å². The molecule has 0 saturated carbocycles. The lowest BCUT2D eigenvalue weighted by Gasteiger charge is -2.07. The molecule has 0 spiro atoms. The summed E-state index contributed by atoms with van der Waals surface area (Å²) in [7, 11) is 1.72. The van der Waals surface area contributed by atoms with Crippen LogP contribution in [0.1, 0.15) is 5.82 Å². The molecule has 8 heteroatoms. The second-order valence-electron chi connectivity index (χ2n) is 5.96. The van der Waals surface area contributed by atoms with Gasteiger partial charge >= 0.3 is 0 Å². The van der Waals surface area contributed by atoms with Crippen molar-refractivity contribution in [3.05, 3.63) is 71.0 Å². The third-order valence-corrected chi connectivity index (χ3v) is 5.39. The minimum atomic E-state index is -0.0704. The molecule has 0 aliphatic heterocycles. The van der Waals surface area contributed by atoms with Crippen LogP contribution in [0, 0.1) is 0 Å². The maximum absolute atomic E-state index is 12.5. The molecule has 0 bridgehead atoms. The molecule has 4 heterocycles. The first-order valence-corrected chi connectivity index (χ1v) is 9.09. The molecule has 0 N–H and O–H groups in total. The molecule has 0 saturated heterocycles. The molecule has 5 rings (SSSR count). The number of thioether (sulfide) groups is 1. The van der Waals surface area contributed by atoms with Crippen LogP contribution in [0.15, 0.2) is 64.8 Å². The number of aromatic nitrogens is 6. The SMILES string of the molecule is Cn1c(=O)c2ccccc2n2c(CSc3ncc4ccccn34)nnc12. The predicted molar refractivity (Wildman–Crippen MR) is 100 cm³/mol. The zero-order valence-electron chi connectivity index (χ0n) is 13.9. The summed E-state index contributed by atoms with van der Waals surface area (Å²) in [6.45, 7) is 0. The van der Waals surface area contributed by atoms with Crippen molar-refractivity contribution in [3.8, 4) is 0 Å². The molecule has 0 fully saturated rings. The fraction of sp³-hybridized carbons (Fsp3) is 0.111. The first-order chi connectivity index (χ1) is 12.7. The van der Waals surface area contributed by atoms with E-state index in [2.05, 4.69) is 15.2 Å². The summed E-state index contributed by atoms with van der Waals surface area (Å²) in [5, 5.41) is 10.1. The van der Waals surface area contributed by atoms with E-state index in [1.807, 2.05) is 63.7 Å². The Morgan fingerprint density at radius 2 is 1.92 bits per heavy atom. The van der Waals surface area contributed by atoms with Crippen molar-refractivity contribution in [3.63, 3.8) is 0 Å². The van der Waals surface area contributed by atoms with E-state index in [0.29, 0.717) is 16.9 Å². The second-order valence-corrected chi connectivity index (χ2v) is 6.90. The molecule has 0 atom stereocenters. The zero-order valence-corrected chi connectivity index (χ0v) is 14.7. The smallest absolute Gasteiger partial charge is 0.262 e. The van der Waals surface area contributed by atoms with E-state index in [9.17, 15) is 4.79 Å². The predicted octanol–water partition coefficient (Wildman–Crippen LogP) is 2.52. The van der Waals surface area contributed by atoms with Crippen LogP contribution in [-0.4, -0.2) is 28.5 Å². The Morgan fingerprint density at radius 1 is 1.08 bits per heavy atom. The molecule has 0 aliphatic carbocycles. The van der Waals surface area contributed by atoms with Gasteiger partial charge < -0.3 is 0 Å². The number of benzene rings is 1. The van der Waals surface area contributed by atoms with Crippen LogP contribution in [-0.2, 0) is 12.8 Å². The number of nitrogens with zero attached hydrogens (tertiary/aromatic N) is 6. The molecule has 0 radical (unpaired) electrons. The van der Waals surface area contributed by atoms with Gasteiger partial charge in [-0.1, -0.05) is 30.0 Å². The first kappa shape index (κ1) is 15.2. The quantitative estimate of drug-likeness (QED) is 0.461. The van der Waals surface area contributed by atoms with E-state index in [1.54, 1.807) is 18.8 Å². The first-order valence-electron chi connectivity index (χ1n) is 8.10. The Labute approximate surface area is 151 Å². The van der Waals surface area contributed by atoms with Gasteiger partial charge in [-0.3, -0.25) is 18.2 Å². The molecule has 128 valence electrons. The molecular formula is C18H14N6OS. The van der Waals surface area contributed by atoms with E-state index in [1.165, 1.54) is 4.57 Å².